The number of rotatable bonds is 2. The topological polar surface area (TPSA) is 68.8 Å². The summed E-state index contributed by atoms with van der Waals surface area (Å²) < 4.78 is 2.98. The summed E-state index contributed by atoms with van der Waals surface area (Å²) in [5, 5.41) is 7.86. The normalized spacial score (nSPS) is 19.6. The summed E-state index contributed by atoms with van der Waals surface area (Å²) in [5.41, 5.74) is 9.53. The highest BCUT2D eigenvalue weighted by atomic mass is 79.9. The second-order valence-corrected chi connectivity index (χ2v) is 7.07. The number of benzene rings is 2. The Bertz CT molecular complexity index is 871. The smallest absolute Gasteiger partial charge is 0.241 e. The van der Waals surface area contributed by atoms with Crippen LogP contribution in [0.25, 0.3) is 0 Å². The fourth-order valence-electron chi connectivity index (χ4n) is 3.26. The first-order valence-corrected chi connectivity index (χ1v) is 8.70. The van der Waals surface area contributed by atoms with E-state index in [0.717, 1.165) is 16.8 Å². The van der Waals surface area contributed by atoms with E-state index in [0.29, 0.717) is 5.95 Å². The molecular weight excluding hydrogens is 366 g/mol. The number of aromatic nitrogens is 3. The molecule has 24 heavy (non-hydrogen) atoms. The molecule has 0 saturated heterocycles. The Morgan fingerprint density at radius 2 is 1.96 bits per heavy atom. The van der Waals surface area contributed by atoms with Crippen LogP contribution in [0, 0.1) is 6.92 Å². The van der Waals surface area contributed by atoms with Crippen LogP contribution in [0.5, 0.6) is 0 Å². The maximum absolute atomic E-state index is 5.84. The van der Waals surface area contributed by atoms with Crippen molar-refractivity contribution in [1.82, 2.24) is 14.8 Å². The molecule has 122 valence electrons. The third-order valence-electron chi connectivity index (χ3n) is 4.40. The van der Waals surface area contributed by atoms with E-state index in [-0.39, 0.29) is 12.1 Å². The predicted octanol–water partition coefficient (Wildman–Crippen LogP) is 4.08. The summed E-state index contributed by atoms with van der Waals surface area (Å²) in [6.07, 6.45) is 0.890. The van der Waals surface area contributed by atoms with Crippen molar-refractivity contribution in [1.29, 1.82) is 0 Å². The zero-order valence-electron chi connectivity index (χ0n) is 13.3. The zero-order chi connectivity index (χ0) is 16.7. The SMILES string of the molecule is Cc1cccc([C@@H]2C[C@@H](c3ccc(Br)cc3)Nc3nc(N)nn32)c1. The summed E-state index contributed by atoms with van der Waals surface area (Å²) in [6.45, 7) is 2.10. The maximum atomic E-state index is 5.84. The van der Waals surface area contributed by atoms with Crippen LogP contribution in [0.1, 0.15) is 35.2 Å². The van der Waals surface area contributed by atoms with Gasteiger partial charge in [-0.05, 0) is 36.6 Å². The summed E-state index contributed by atoms with van der Waals surface area (Å²) in [5.74, 6) is 1.02. The lowest BCUT2D eigenvalue weighted by Gasteiger charge is -2.31. The average molecular weight is 384 g/mol. The van der Waals surface area contributed by atoms with Crippen LogP contribution in [-0.2, 0) is 0 Å². The van der Waals surface area contributed by atoms with Crippen molar-refractivity contribution in [2.45, 2.75) is 25.4 Å². The summed E-state index contributed by atoms with van der Waals surface area (Å²) in [6, 6.07) is 17.2. The van der Waals surface area contributed by atoms with Gasteiger partial charge in [-0.1, -0.05) is 57.9 Å². The quantitative estimate of drug-likeness (QED) is 0.699. The molecule has 0 saturated carbocycles. The molecule has 4 rings (SSSR count). The number of aryl methyl sites for hydroxylation is 1. The fourth-order valence-corrected chi connectivity index (χ4v) is 3.53. The second-order valence-electron chi connectivity index (χ2n) is 6.15. The van der Waals surface area contributed by atoms with E-state index in [4.69, 9.17) is 5.73 Å². The Kier molecular flexibility index (Phi) is 3.76. The van der Waals surface area contributed by atoms with Crippen molar-refractivity contribution in [3.05, 3.63) is 69.7 Å². The van der Waals surface area contributed by atoms with Gasteiger partial charge in [0.1, 0.15) is 0 Å². The van der Waals surface area contributed by atoms with E-state index in [1.54, 1.807) is 0 Å². The molecular formula is C18H18BrN5. The molecule has 2 aromatic carbocycles. The highest BCUT2D eigenvalue weighted by Crippen LogP contribution is 2.38. The van der Waals surface area contributed by atoms with E-state index in [9.17, 15) is 0 Å². The van der Waals surface area contributed by atoms with Gasteiger partial charge in [-0.15, -0.1) is 5.10 Å². The van der Waals surface area contributed by atoms with Crippen LogP contribution in [0.2, 0.25) is 0 Å². The molecule has 0 spiro atoms. The number of nitrogens with two attached hydrogens (primary N) is 1. The van der Waals surface area contributed by atoms with Gasteiger partial charge in [-0.2, -0.15) is 4.98 Å². The first-order chi connectivity index (χ1) is 11.6. The third kappa shape index (κ3) is 2.78. The van der Waals surface area contributed by atoms with E-state index in [1.807, 2.05) is 4.68 Å². The lowest BCUT2D eigenvalue weighted by atomic mass is 9.93. The lowest BCUT2D eigenvalue weighted by Crippen LogP contribution is -2.28. The van der Waals surface area contributed by atoms with Gasteiger partial charge in [-0.25, -0.2) is 4.68 Å². The average Bonchev–Trinajstić information content (AvgIpc) is 2.94. The van der Waals surface area contributed by atoms with E-state index in [2.05, 4.69) is 86.8 Å². The maximum Gasteiger partial charge on any atom is 0.241 e. The Balaban J connectivity index is 1.76. The van der Waals surface area contributed by atoms with Crippen molar-refractivity contribution >= 4 is 27.8 Å². The van der Waals surface area contributed by atoms with Gasteiger partial charge in [0.05, 0.1) is 12.1 Å². The summed E-state index contributed by atoms with van der Waals surface area (Å²) in [7, 11) is 0. The molecule has 6 heteroatoms. The van der Waals surface area contributed by atoms with Crippen LogP contribution in [0.4, 0.5) is 11.9 Å². The summed E-state index contributed by atoms with van der Waals surface area (Å²) >= 11 is 3.49. The first kappa shape index (κ1) is 15.2. The number of anilines is 2. The number of nitrogen functional groups attached to an aromatic ring is 1. The van der Waals surface area contributed by atoms with E-state index < -0.39 is 0 Å². The first-order valence-electron chi connectivity index (χ1n) is 7.91. The number of nitrogens with zero attached hydrogens (tertiary/aromatic N) is 3. The van der Waals surface area contributed by atoms with Crippen molar-refractivity contribution in [3.8, 4) is 0 Å². The number of fused-ring (bicyclic) bond motifs is 1. The molecule has 5 nitrogen and oxygen atoms in total. The van der Waals surface area contributed by atoms with Gasteiger partial charge in [0.25, 0.3) is 0 Å². The van der Waals surface area contributed by atoms with Gasteiger partial charge in [0, 0.05) is 4.47 Å². The Labute approximate surface area is 149 Å². The number of hydrogen-bond acceptors (Lipinski definition) is 4. The van der Waals surface area contributed by atoms with Gasteiger partial charge in [0.2, 0.25) is 11.9 Å². The minimum atomic E-state index is 0.111. The number of hydrogen-bond donors (Lipinski definition) is 2. The van der Waals surface area contributed by atoms with Crippen LogP contribution < -0.4 is 11.1 Å². The highest BCUT2D eigenvalue weighted by Gasteiger charge is 2.30. The molecule has 3 N–H and O–H groups in total. The summed E-state index contributed by atoms with van der Waals surface area (Å²) in [4.78, 5) is 4.35. The molecule has 0 unspecified atom stereocenters. The van der Waals surface area contributed by atoms with Crippen LogP contribution >= 0.6 is 15.9 Å². The third-order valence-corrected chi connectivity index (χ3v) is 4.93. The molecule has 0 amide bonds. The van der Waals surface area contributed by atoms with Gasteiger partial charge >= 0.3 is 0 Å². The molecule has 3 aromatic rings. The lowest BCUT2D eigenvalue weighted by molar-refractivity contribution is 0.431. The minimum Gasteiger partial charge on any atom is -0.366 e. The number of nitrogens with one attached hydrogen (secondary N) is 1. The van der Waals surface area contributed by atoms with Crippen molar-refractivity contribution < 1.29 is 0 Å². The van der Waals surface area contributed by atoms with Crippen molar-refractivity contribution in [2.24, 2.45) is 0 Å². The van der Waals surface area contributed by atoms with Crippen molar-refractivity contribution in [3.63, 3.8) is 0 Å². The fraction of sp³-hybridized carbons (Fsp3) is 0.222. The zero-order valence-corrected chi connectivity index (χ0v) is 14.9. The van der Waals surface area contributed by atoms with Crippen LogP contribution in [0.15, 0.2) is 53.0 Å². The molecule has 0 radical (unpaired) electrons. The minimum absolute atomic E-state index is 0.111. The van der Waals surface area contributed by atoms with E-state index >= 15 is 0 Å². The highest BCUT2D eigenvalue weighted by molar-refractivity contribution is 9.10. The molecule has 0 fully saturated rings. The van der Waals surface area contributed by atoms with Gasteiger partial charge < -0.3 is 11.1 Å². The predicted molar refractivity (Wildman–Crippen MR) is 98.9 cm³/mol. The van der Waals surface area contributed by atoms with Gasteiger partial charge in [-0.3, -0.25) is 0 Å². The standard InChI is InChI=1S/C18H18BrN5/c1-11-3-2-4-13(9-11)16-10-15(12-5-7-14(19)8-6-12)21-18-22-17(20)23-24(16)18/h2-9,15-16H,10H2,1H3,(H3,20,21,22,23)/t15-,16-/m0/s1. The van der Waals surface area contributed by atoms with Crippen LogP contribution in [0.3, 0.4) is 0 Å². The molecule has 1 aromatic heterocycles. The van der Waals surface area contributed by atoms with Crippen molar-refractivity contribution in [2.75, 3.05) is 11.1 Å². The Morgan fingerprint density at radius 1 is 1.17 bits per heavy atom. The van der Waals surface area contributed by atoms with Crippen LogP contribution in [-0.4, -0.2) is 14.8 Å². The van der Waals surface area contributed by atoms with E-state index in [1.165, 1.54) is 16.7 Å². The molecule has 2 atom stereocenters. The molecule has 2 heterocycles. The Morgan fingerprint density at radius 3 is 2.71 bits per heavy atom. The molecule has 0 aliphatic carbocycles. The van der Waals surface area contributed by atoms with Gasteiger partial charge in [0.15, 0.2) is 0 Å². The molecule has 1 aliphatic heterocycles. The second kappa shape index (κ2) is 5.94. The monoisotopic (exact) mass is 383 g/mol. The Hall–Kier alpha value is -2.34. The molecule has 1 aliphatic rings. The molecule has 0 bridgehead atoms. The largest absolute Gasteiger partial charge is 0.366 e. The number of halogens is 1.